The van der Waals surface area contributed by atoms with Crippen LogP contribution >= 0.6 is 0 Å². The molecule has 0 unspecified atom stereocenters. The molecule has 0 fully saturated rings. The van der Waals surface area contributed by atoms with E-state index in [9.17, 15) is 9.59 Å². The first-order chi connectivity index (χ1) is 14.0. The summed E-state index contributed by atoms with van der Waals surface area (Å²) in [6.45, 7) is 4.03. The molecule has 0 saturated heterocycles. The minimum Gasteiger partial charge on any atom is -0.284 e. The van der Waals surface area contributed by atoms with Gasteiger partial charge in [-0.05, 0) is 49.2 Å². The Hall–Kier alpha value is -4.07. The molecule has 5 rings (SSSR count). The van der Waals surface area contributed by atoms with Crippen LogP contribution in [0.25, 0.3) is 27.4 Å². The first-order valence-electron chi connectivity index (χ1n) is 9.03. The summed E-state index contributed by atoms with van der Waals surface area (Å²) in [6.07, 6.45) is 7.68. The molecule has 142 valence electrons. The monoisotopic (exact) mass is 384 g/mol. The Labute approximate surface area is 164 Å². The Bertz CT molecular complexity index is 1510. The van der Waals surface area contributed by atoms with Crippen molar-refractivity contribution in [2.24, 2.45) is 0 Å². The molecule has 0 aliphatic heterocycles. The highest BCUT2D eigenvalue weighted by Gasteiger charge is 2.13. The normalized spacial score (nSPS) is 11.4. The van der Waals surface area contributed by atoms with Gasteiger partial charge in [-0.25, -0.2) is 9.35 Å². The van der Waals surface area contributed by atoms with Crippen molar-refractivity contribution in [1.29, 1.82) is 0 Å². The lowest BCUT2D eigenvalue weighted by Gasteiger charge is -2.11. The third-order valence-electron chi connectivity index (χ3n) is 5.21. The summed E-state index contributed by atoms with van der Waals surface area (Å²) in [7, 11) is 0. The Morgan fingerprint density at radius 1 is 0.828 bits per heavy atom. The van der Waals surface area contributed by atoms with Crippen LogP contribution in [0.1, 0.15) is 11.1 Å². The number of hydrogen-bond acceptors (Lipinski definition) is 5. The average molecular weight is 384 g/mol. The second-order valence-corrected chi connectivity index (χ2v) is 6.91. The van der Waals surface area contributed by atoms with Crippen molar-refractivity contribution in [3.8, 4) is 5.69 Å². The molecular formula is C21H16N6O2. The fraction of sp³-hybridized carbons (Fsp3) is 0.0952. The maximum absolute atomic E-state index is 13.2. The van der Waals surface area contributed by atoms with Crippen LogP contribution in [0.4, 0.5) is 0 Å². The van der Waals surface area contributed by atoms with E-state index >= 15 is 0 Å². The van der Waals surface area contributed by atoms with Crippen molar-refractivity contribution in [2.45, 2.75) is 13.8 Å². The molecular weight excluding hydrogens is 368 g/mol. The van der Waals surface area contributed by atoms with Crippen molar-refractivity contribution in [3.05, 3.63) is 93.4 Å². The standard InChI is InChI=1S/C21H16N6O2/c1-13-3-4-15(9-14(13)2)26-7-5-16-17(20(26)28)10-22-18-6-8-27(21(29)19(16)18)25-11-23-24-12-25/h3-12H,1-2H3. The highest BCUT2D eigenvalue weighted by atomic mass is 16.1. The van der Waals surface area contributed by atoms with Gasteiger partial charge in [0.1, 0.15) is 12.7 Å². The van der Waals surface area contributed by atoms with Crippen molar-refractivity contribution in [3.63, 3.8) is 0 Å². The minimum absolute atomic E-state index is 0.223. The largest absolute Gasteiger partial charge is 0.284 e. The van der Waals surface area contributed by atoms with Gasteiger partial charge in [0.2, 0.25) is 0 Å². The number of benzene rings is 1. The molecule has 0 N–H and O–H groups in total. The second-order valence-electron chi connectivity index (χ2n) is 6.91. The highest BCUT2D eigenvalue weighted by Crippen LogP contribution is 2.20. The van der Waals surface area contributed by atoms with Crippen LogP contribution in [0, 0.1) is 13.8 Å². The van der Waals surface area contributed by atoms with E-state index in [0.29, 0.717) is 21.7 Å². The number of pyridine rings is 3. The van der Waals surface area contributed by atoms with Crippen molar-refractivity contribution in [1.82, 2.24) is 29.1 Å². The second kappa shape index (κ2) is 6.23. The summed E-state index contributed by atoms with van der Waals surface area (Å²) in [5.41, 5.74) is 3.03. The van der Waals surface area contributed by atoms with E-state index < -0.39 is 0 Å². The van der Waals surface area contributed by atoms with Gasteiger partial charge in [-0.2, -0.15) is 0 Å². The summed E-state index contributed by atoms with van der Waals surface area (Å²) in [6, 6.07) is 9.37. The lowest BCUT2D eigenvalue weighted by molar-refractivity contribution is 0.633. The summed E-state index contributed by atoms with van der Waals surface area (Å²) in [5.74, 6) is 0. The fourth-order valence-electron chi connectivity index (χ4n) is 3.47. The van der Waals surface area contributed by atoms with E-state index in [2.05, 4.69) is 15.2 Å². The maximum Gasteiger partial charge on any atom is 0.279 e. The lowest BCUT2D eigenvalue weighted by Crippen LogP contribution is -2.25. The van der Waals surface area contributed by atoms with E-state index in [1.54, 1.807) is 29.1 Å². The molecule has 5 aromatic rings. The molecule has 0 aliphatic rings. The Morgan fingerprint density at radius 2 is 1.62 bits per heavy atom. The Balaban J connectivity index is 1.81. The van der Waals surface area contributed by atoms with Gasteiger partial charge < -0.3 is 0 Å². The number of aryl methyl sites for hydroxylation is 2. The zero-order chi connectivity index (χ0) is 20.1. The minimum atomic E-state index is -0.302. The molecule has 0 radical (unpaired) electrons. The summed E-state index contributed by atoms with van der Waals surface area (Å²) in [4.78, 5) is 30.7. The van der Waals surface area contributed by atoms with E-state index in [1.165, 1.54) is 28.2 Å². The average Bonchev–Trinajstić information content (AvgIpc) is 3.25. The maximum atomic E-state index is 13.2. The van der Waals surface area contributed by atoms with Gasteiger partial charge in [-0.15, -0.1) is 10.2 Å². The van der Waals surface area contributed by atoms with Crippen LogP contribution < -0.4 is 11.1 Å². The quantitative estimate of drug-likeness (QED) is 0.436. The van der Waals surface area contributed by atoms with Gasteiger partial charge in [0.15, 0.2) is 0 Å². The number of rotatable bonds is 2. The van der Waals surface area contributed by atoms with E-state index in [1.807, 2.05) is 32.0 Å². The predicted molar refractivity (Wildman–Crippen MR) is 109 cm³/mol. The van der Waals surface area contributed by atoms with Gasteiger partial charge >= 0.3 is 0 Å². The number of fused-ring (bicyclic) bond motifs is 3. The first-order valence-corrected chi connectivity index (χ1v) is 9.03. The van der Waals surface area contributed by atoms with Crippen molar-refractivity contribution >= 4 is 21.7 Å². The summed E-state index contributed by atoms with van der Waals surface area (Å²) >= 11 is 0. The smallest absolute Gasteiger partial charge is 0.279 e. The molecule has 4 aromatic heterocycles. The number of hydrogen-bond donors (Lipinski definition) is 0. The number of nitrogens with zero attached hydrogens (tertiary/aromatic N) is 6. The van der Waals surface area contributed by atoms with Gasteiger partial charge in [0.25, 0.3) is 11.1 Å². The van der Waals surface area contributed by atoms with Crippen LogP contribution in [0.15, 0.2) is 71.2 Å². The molecule has 0 amide bonds. The van der Waals surface area contributed by atoms with Gasteiger partial charge in [-0.1, -0.05) is 6.07 Å². The SMILES string of the molecule is Cc1ccc(-n2ccc3c(cnc4ccn(-n5cnnc5)c(=O)c43)c2=O)cc1C. The molecule has 29 heavy (non-hydrogen) atoms. The molecule has 0 saturated carbocycles. The molecule has 1 aromatic carbocycles. The van der Waals surface area contributed by atoms with Crippen LogP contribution in [-0.2, 0) is 0 Å². The van der Waals surface area contributed by atoms with E-state index in [-0.39, 0.29) is 11.1 Å². The molecule has 0 atom stereocenters. The topological polar surface area (TPSA) is 87.6 Å². The van der Waals surface area contributed by atoms with Gasteiger partial charge in [-0.3, -0.25) is 19.1 Å². The molecule has 8 heteroatoms. The first kappa shape index (κ1) is 17.1. The number of aromatic nitrogens is 6. The van der Waals surface area contributed by atoms with Gasteiger partial charge in [0.05, 0.1) is 16.3 Å². The van der Waals surface area contributed by atoms with Crippen molar-refractivity contribution < 1.29 is 0 Å². The molecule has 4 heterocycles. The molecule has 0 spiro atoms. The Kier molecular flexibility index (Phi) is 3.67. The lowest BCUT2D eigenvalue weighted by atomic mass is 10.1. The summed E-state index contributed by atoms with van der Waals surface area (Å²) in [5, 5.41) is 8.80. The molecule has 0 bridgehead atoms. The van der Waals surface area contributed by atoms with E-state index in [0.717, 1.165) is 16.8 Å². The fourth-order valence-corrected chi connectivity index (χ4v) is 3.47. The molecule has 8 nitrogen and oxygen atoms in total. The zero-order valence-corrected chi connectivity index (χ0v) is 15.8. The van der Waals surface area contributed by atoms with E-state index in [4.69, 9.17) is 0 Å². The van der Waals surface area contributed by atoms with Crippen molar-refractivity contribution in [2.75, 3.05) is 0 Å². The highest BCUT2D eigenvalue weighted by molar-refractivity contribution is 6.04. The molecule has 0 aliphatic carbocycles. The van der Waals surface area contributed by atoms with Gasteiger partial charge in [0, 0.05) is 29.7 Å². The van der Waals surface area contributed by atoms with Crippen LogP contribution in [-0.4, -0.2) is 29.1 Å². The zero-order valence-electron chi connectivity index (χ0n) is 15.8. The van der Waals surface area contributed by atoms with Crippen LogP contribution in [0.5, 0.6) is 0 Å². The summed E-state index contributed by atoms with van der Waals surface area (Å²) < 4.78 is 4.42. The van der Waals surface area contributed by atoms with Crippen LogP contribution in [0.2, 0.25) is 0 Å². The third kappa shape index (κ3) is 2.57. The van der Waals surface area contributed by atoms with Crippen LogP contribution in [0.3, 0.4) is 0 Å². The Morgan fingerprint density at radius 3 is 2.38 bits per heavy atom. The predicted octanol–water partition coefficient (Wildman–Crippen LogP) is 2.22. The third-order valence-corrected chi connectivity index (χ3v) is 5.21.